The normalized spacial score (nSPS) is 18.7. The topological polar surface area (TPSA) is 69.5 Å². The van der Waals surface area contributed by atoms with E-state index in [0.29, 0.717) is 19.7 Å². The molecule has 28 heavy (non-hydrogen) atoms. The fourth-order valence-electron chi connectivity index (χ4n) is 3.56. The second-order valence-electron chi connectivity index (χ2n) is 8.26. The Bertz CT molecular complexity index is 771. The lowest BCUT2D eigenvalue weighted by atomic mass is 9.95. The summed E-state index contributed by atoms with van der Waals surface area (Å²) in [6.07, 6.45) is 7.03. The molecular weight excluding hydrogens is 380 g/mol. The van der Waals surface area contributed by atoms with Gasteiger partial charge in [0.05, 0.1) is 0 Å². The van der Waals surface area contributed by atoms with Gasteiger partial charge in [-0.3, -0.25) is 4.57 Å². The molecule has 0 spiro atoms. The smallest absolute Gasteiger partial charge is 0.410 e. The second-order valence-corrected chi connectivity index (χ2v) is 8.74. The number of carbonyl (C=O) groups excluding carboxylic acids is 1. The molecule has 154 valence electrons. The average Bonchev–Trinajstić information content (AvgIpc) is 3.05. The van der Waals surface area contributed by atoms with Crippen LogP contribution in [-0.4, -0.2) is 51.6 Å². The molecule has 1 aromatic heterocycles. The maximum atomic E-state index is 12.3. The van der Waals surface area contributed by atoms with Crippen molar-refractivity contribution >= 4 is 23.4 Å². The van der Waals surface area contributed by atoms with Crippen LogP contribution in [0.25, 0.3) is 5.70 Å². The van der Waals surface area contributed by atoms with E-state index >= 15 is 0 Å². The molecule has 2 aliphatic rings. The van der Waals surface area contributed by atoms with Gasteiger partial charge in [0.2, 0.25) is 0 Å². The molecule has 1 aliphatic heterocycles. The average molecular weight is 409 g/mol. The summed E-state index contributed by atoms with van der Waals surface area (Å²) >= 11 is 6.13. The number of methoxy groups -OCH3 is 1. The number of halogens is 1. The van der Waals surface area contributed by atoms with E-state index in [1.807, 2.05) is 32.9 Å². The Morgan fingerprint density at radius 2 is 1.93 bits per heavy atom. The van der Waals surface area contributed by atoms with Crippen molar-refractivity contribution in [1.29, 1.82) is 0 Å². The molecular formula is C20H29ClN4O3. The maximum Gasteiger partial charge on any atom is 0.410 e. The van der Waals surface area contributed by atoms with Crippen LogP contribution in [0.3, 0.4) is 0 Å². The number of amides is 1. The first-order valence-corrected chi connectivity index (χ1v) is 10.1. The summed E-state index contributed by atoms with van der Waals surface area (Å²) in [7, 11) is 1.66. The molecule has 0 saturated carbocycles. The van der Waals surface area contributed by atoms with E-state index in [4.69, 9.17) is 21.1 Å². The highest BCUT2D eigenvalue weighted by Crippen LogP contribution is 2.33. The maximum absolute atomic E-state index is 12.3. The Morgan fingerprint density at radius 3 is 2.50 bits per heavy atom. The zero-order valence-electron chi connectivity index (χ0n) is 17.1. The fraction of sp³-hybridized carbons (Fsp3) is 0.650. The van der Waals surface area contributed by atoms with Gasteiger partial charge in [-0.2, -0.15) is 0 Å². The molecule has 0 unspecified atom stereocenters. The molecule has 7 nitrogen and oxygen atoms in total. The highest BCUT2D eigenvalue weighted by molar-refractivity contribution is 6.29. The van der Waals surface area contributed by atoms with E-state index in [0.717, 1.165) is 48.1 Å². The number of hydrogen-bond acceptors (Lipinski definition) is 5. The third-order valence-electron chi connectivity index (χ3n) is 4.90. The Hall–Kier alpha value is -1.86. The Morgan fingerprint density at radius 1 is 1.21 bits per heavy atom. The Balaban J connectivity index is 1.75. The minimum Gasteiger partial charge on any atom is -0.444 e. The third-order valence-corrected chi connectivity index (χ3v) is 5.22. The van der Waals surface area contributed by atoms with Gasteiger partial charge in [0.15, 0.2) is 5.82 Å². The molecule has 8 heteroatoms. The number of piperidine rings is 1. The van der Waals surface area contributed by atoms with Crippen molar-refractivity contribution in [2.24, 2.45) is 0 Å². The first kappa shape index (κ1) is 20.9. The highest BCUT2D eigenvalue weighted by Gasteiger charge is 2.31. The zero-order valence-corrected chi connectivity index (χ0v) is 17.8. The number of carbonyl (C=O) groups is 1. The van der Waals surface area contributed by atoms with Gasteiger partial charge >= 0.3 is 6.09 Å². The zero-order chi connectivity index (χ0) is 20.3. The summed E-state index contributed by atoms with van der Waals surface area (Å²) in [5.41, 5.74) is 0.650. The van der Waals surface area contributed by atoms with Crippen molar-refractivity contribution < 1.29 is 14.3 Å². The van der Waals surface area contributed by atoms with Gasteiger partial charge in [0.25, 0.3) is 0 Å². The second kappa shape index (κ2) is 8.66. The number of ether oxygens (including phenoxy) is 2. The number of allylic oxidation sites excluding steroid dienone is 4. The number of hydrogen-bond donors (Lipinski definition) is 0. The predicted octanol–water partition coefficient (Wildman–Crippen LogP) is 4.30. The van der Waals surface area contributed by atoms with Crippen molar-refractivity contribution in [2.45, 2.75) is 64.6 Å². The molecule has 0 aromatic carbocycles. The molecule has 1 aliphatic carbocycles. The molecule has 1 aromatic rings. The molecule has 0 bridgehead atoms. The lowest BCUT2D eigenvalue weighted by molar-refractivity contribution is 0.0202. The van der Waals surface area contributed by atoms with Gasteiger partial charge in [0.1, 0.15) is 18.0 Å². The van der Waals surface area contributed by atoms with Crippen LogP contribution in [0, 0.1) is 0 Å². The first-order chi connectivity index (χ1) is 13.3. The number of rotatable bonds is 4. The minimum atomic E-state index is -0.481. The summed E-state index contributed by atoms with van der Waals surface area (Å²) in [5, 5.41) is 9.71. The van der Waals surface area contributed by atoms with Crippen LogP contribution in [0.15, 0.2) is 17.2 Å². The summed E-state index contributed by atoms with van der Waals surface area (Å²) in [4.78, 5) is 14.1. The molecule has 1 amide bonds. The van der Waals surface area contributed by atoms with Crippen LogP contribution in [0.4, 0.5) is 4.79 Å². The summed E-state index contributed by atoms with van der Waals surface area (Å²) < 4.78 is 12.9. The lowest BCUT2D eigenvalue weighted by Gasteiger charge is -2.33. The fourth-order valence-corrected chi connectivity index (χ4v) is 3.72. The molecule has 2 heterocycles. The SMILES string of the molecule is COCc1nnc(C2CCN(C(=O)OC(C)(C)C)CC2)n1C1=CC=C(Cl)CC1. The van der Waals surface area contributed by atoms with E-state index in [2.05, 4.69) is 14.8 Å². The van der Waals surface area contributed by atoms with Gasteiger partial charge < -0.3 is 14.4 Å². The number of nitrogens with zero attached hydrogens (tertiary/aromatic N) is 4. The molecule has 3 rings (SSSR count). The van der Waals surface area contributed by atoms with Crippen LogP contribution in [0.5, 0.6) is 0 Å². The van der Waals surface area contributed by atoms with E-state index in [1.54, 1.807) is 12.0 Å². The van der Waals surface area contributed by atoms with E-state index in [1.165, 1.54) is 0 Å². The summed E-state index contributed by atoms with van der Waals surface area (Å²) in [6, 6.07) is 0. The van der Waals surface area contributed by atoms with Gasteiger partial charge in [0, 0.05) is 36.8 Å². The third kappa shape index (κ3) is 4.94. The van der Waals surface area contributed by atoms with Crippen molar-refractivity contribution in [2.75, 3.05) is 20.2 Å². The van der Waals surface area contributed by atoms with Crippen molar-refractivity contribution in [3.63, 3.8) is 0 Å². The Kier molecular flexibility index (Phi) is 6.45. The van der Waals surface area contributed by atoms with Gasteiger partial charge in [-0.05, 0) is 58.6 Å². The van der Waals surface area contributed by atoms with Crippen LogP contribution in [0.2, 0.25) is 0 Å². The van der Waals surface area contributed by atoms with Crippen molar-refractivity contribution in [3.8, 4) is 0 Å². The monoisotopic (exact) mass is 408 g/mol. The van der Waals surface area contributed by atoms with Crippen LogP contribution >= 0.6 is 11.6 Å². The quantitative estimate of drug-likeness (QED) is 0.742. The van der Waals surface area contributed by atoms with E-state index in [-0.39, 0.29) is 12.0 Å². The lowest BCUT2D eigenvalue weighted by Crippen LogP contribution is -2.41. The van der Waals surface area contributed by atoms with Crippen LogP contribution in [-0.2, 0) is 16.1 Å². The Labute approximate surface area is 171 Å². The summed E-state index contributed by atoms with van der Waals surface area (Å²) in [5.74, 6) is 1.97. The molecule has 0 atom stereocenters. The van der Waals surface area contributed by atoms with E-state index < -0.39 is 5.60 Å². The highest BCUT2D eigenvalue weighted by atomic mass is 35.5. The van der Waals surface area contributed by atoms with Crippen LogP contribution < -0.4 is 0 Å². The first-order valence-electron chi connectivity index (χ1n) is 9.75. The molecule has 0 radical (unpaired) electrons. The minimum absolute atomic E-state index is 0.235. The molecule has 1 fully saturated rings. The standard InChI is InChI=1S/C20H29ClN4O3/c1-20(2,3)28-19(26)24-11-9-14(10-12-24)18-23-22-17(13-27-4)25(18)16-7-5-15(21)6-8-16/h5,7,14H,6,8-13H2,1-4H3. The largest absolute Gasteiger partial charge is 0.444 e. The van der Waals surface area contributed by atoms with Crippen molar-refractivity contribution in [3.05, 3.63) is 28.8 Å². The molecule has 0 N–H and O–H groups in total. The predicted molar refractivity (Wildman–Crippen MR) is 108 cm³/mol. The van der Waals surface area contributed by atoms with Crippen LogP contribution in [0.1, 0.15) is 64.0 Å². The van der Waals surface area contributed by atoms with Gasteiger partial charge in [-0.1, -0.05) is 11.6 Å². The van der Waals surface area contributed by atoms with Gasteiger partial charge in [-0.25, -0.2) is 4.79 Å². The van der Waals surface area contributed by atoms with Gasteiger partial charge in [-0.15, -0.1) is 10.2 Å². The summed E-state index contributed by atoms with van der Waals surface area (Å²) in [6.45, 7) is 7.36. The van der Waals surface area contributed by atoms with Crippen molar-refractivity contribution in [1.82, 2.24) is 19.7 Å². The number of aromatic nitrogens is 3. The van der Waals surface area contributed by atoms with E-state index in [9.17, 15) is 4.79 Å². The number of likely N-dealkylation sites (tertiary alicyclic amines) is 1. The molecule has 1 saturated heterocycles.